The molecule has 0 aliphatic heterocycles. The Morgan fingerprint density at radius 3 is 2.78 bits per heavy atom. The fraction of sp³-hybridized carbons (Fsp3) is 0.583. The fourth-order valence-electron chi connectivity index (χ4n) is 1.54. The predicted octanol–water partition coefficient (Wildman–Crippen LogP) is 1.19. The fourth-order valence-corrected chi connectivity index (χ4v) is 1.54. The van der Waals surface area contributed by atoms with Crippen molar-refractivity contribution in [3.63, 3.8) is 0 Å². The molecule has 0 radical (unpaired) electrons. The van der Waals surface area contributed by atoms with Gasteiger partial charge in [0, 0.05) is 12.2 Å². The number of aliphatic carboxylic acids is 1. The Labute approximate surface area is 106 Å². The normalized spacial score (nSPS) is 12.2. The second kappa shape index (κ2) is 6.18. The number of nitrogens with one attached hydrogen (secondary N) is 1. The highest BCUT2D eigenvalue weighted by Gasteiger charge is 2.18. The van der Waals surface area contributed by atoms with Crippen molar-refractivity contribution in [2.24, 2.45) is 0 Å². The molecule has 6 heteroatoms. The maximum atomic E-state index is 11.8. The molecule has 1 rings (SSSR count). The summed E-state index contributed by atoms with van der Waals surface area (Å²) in [4.78, 5) is 22.5. The van der Waals surface area contributed by atoms with Crippen molar-refractivity contribution in [3.05, 3.63) is 17.5 Å². The van der Waals surface area contributed by atoms with Gasteiger partial charge in [-0.25, -0.2) is 0 Å². The third-order valence-electron chi connectivity index (χ3n) is 2.79. The van der Waals surface area contributed by atoms with Gasteiger partial charge in [-0.15, -0.1) is 0 Å². The van der Waals surface area contributed by atoms with E-state index in [-0.39, 0.29) is 0 Å². The minimum absolute atomic E-state index is 0.398. The Bertz CT molecular complexity index is 440. The van der Waals surface area contributed by atoms with Crippen molar-refractivity contribution >= 4 is 11.9 Å². The van der Waals surface area contributed by atoms with Crippen LogP contribution < -0.4 is 5.32 Å². The molecule has 0 saturated carbocycles. The molecular formula is C12H19N3O3. The highest BCUT2D eigenvalue weighted by Crippen LogP contribution is 2.08. The zero-order valence-corrected chi connectivity index (χ0v) is 10.9. The van der Waals surface area contributed by atoms with E-state index in [2.05, 4.69) is 17.3 Å². The molecule has 18 heavy (non-hydrogen) atoms. The van der Waals surface area contributed by atoms with Gasteiger partial charge in [-0.1, -0.05) is 13.3 Å². The average Bonchev–Trinajstić information content (AvgIpc) is 2.67. The molecule has 0 aliphatic carbocycles. The Hall–Kier alpha value is -1.85. The summed E-state index contributed by atoms with van der Waals surface area (Å²) in [5.74, 6) is -1.45. The van der Waals surface area contributed by atoms with Crippen molar-refractivity contribution in [2.45, 2.75) is 46.2 Å². The highest BCUT2D eigenvalue weighted by atomic mass is 16.4. The van der Waals surface area contributed by atoms with Crippen LogP contribution in [0.5, 0.6) is 0 Å². The number of rotatable bonds is 6. The Morgan fingerprint density at radius 1 is 1.56 bits per heavy atom. The average molecular weight is 253 g/mol. The predicted molar refractivity (Wildman–Crippen MR) is 66.4 cm³/mol. The van der Waals surface area contributed by atoms with E-state index < -0.39 is 17.9 Å². The quantitative estimate of drug-likeness (QED) is 0.797. The maximum absolute atomic E-state index is 11.8. The van der Waals surface area contributed by atoms with E-state index >= 15 is 0 Å². The molecule has 1 heterocycles. The van der Waals surface area contributed by atoms with Gasteiger partial charge in [0.05, 0.1) is 11.8 Å². The molecule has 0 unspecified atom stereocenters. The van der Waals surface area contributed by atoms with Crippen molar-refractivity contribution in [3.8, 4) is 0 Å². The molecule has 0 bridgehead atoms. The molecule has 1 aromatic rings. The van der Waals surface area contributed by atoms with E-state index in [4.69, 9.17) is 5.11 Å². The van der Waals surface area contributed by atoms with Gasteiger partial charge in [-0.3, -0.25) is 14.3 Å². The summed E-state index contributed by atoms with van der Waals surface area (Å²) in [6.07, 6.45) is 3.53. The first-order valence-electron chi connectivity index (χ1n) is 6.03. The lowest BCUT2D eigenvalue weighted by atomic mass is 10.2. The summed E-state index contributed by atoms with van der Waals surface area (Å²) in [5.41, 5.74) is 1.19. The third kappa shape index (κ3) is 3.32. The summed E-state index contributed by atoms with van der Waals surface area (Å²) in [7, 11) is 0. The van der Waals surface area contributed by atoms with Crippen LogP contribution in [0.3, 0.4) is 0 Å². The minimum atomic E-state index is -1.06. The zero-order valence-electron chi connectivity index (χ0n) is 10.9. The van der Waals surface area contributed by atoms with E-state index in [1.165, 1.54) is 13.1 Å². The van der Waals surface area contributed by atoms with Gasteiger partial charge >= 0.3 is 5.97 Å². The van der Waals surface area contributed by atoms with Crippen LogP contribution in [-0.2, 0) is 11.3 Å². The zero-order chi connectivity index (χ0) is 13.7. The second-order valence-electron chi connectivity index (χ2n) is 4.25. The molecular weight excluding hydrogens is 234 g/mol. The van der Waals surface area contributed by atoms with Gasteiger partial charge in [0.1, 0.15) is 6.04 Å². The van der Waals surface area contributed by atoms with E-state index in [1.807, 2.05) is 6.92 Å². The number of nitrogens with zero attached hydrogens (tertiary/aromatic N) is 2. The molecule has 6 nitrogen and oxygen atoms in total. The number of carbonyl (C=O) groups excluding carboxylic acids is 1. The molecule has 0 fully saturated rings. The minimum Gasteiger partial charge on any atom is -0.480 e. The van der Waals surface area contributed by atoms with Crippen molar-refractivity contribution < 1.29 is 14.7 Å². The molecule has 1 aromatic heterocycles. The van der Waals surface area contributed by atoms with Gasteiger partial charge in [-0.05, 0) is 20.3 Å². The second-order valence-corrected chi connectivity index (χ2v) is 4.25. The summed E-state index contributed by atoms with van der Waals surface area (Å²) in [6.45, 7) is 6.09. The van der Waals surface area contributed by atoms with Gasteiger partial charge in [0.15, 0.2) is 0 Å². The number of hydrogen-bond acceptors (Lipinski definition) is 3. The number of carbonyl (C=O) groups is 2. The molecule has 0 aliphatic rings. The molecule has 2 N–H and O–H groups in total. The Balaban J connectivity index is 2.75. The lowest BCUT2D eigenvalue weighted by Crippen LogP contribution is -2.38. The Kier molecular flexibility index (Phi) is 4.88. The molecule has 0 saturated heterocycles. The van der Waals surface area contributed by atoms with Crippen molar-refractivity contribution in [1.82, 2.24) is 15.1 Å². The van der Waals surface area contributed by atoms with Crippen molar-refractivity contribution in [1.29, 1.82) is 0 Å². The number of hydrogen-bond donors (Lipinski definition) is 2. The lowest BCUT2D eigenvalue weighted by Gasteiger charge is -2.09. The number of amides is 1. The van der Waals surface area contributed by atoms with Crippen LogP contribution in [0.2, 0.25) is 0 Å². The van der Waals surface area contributed by atoms with Crippen LogP contribution in [0.1, 0.15) is 42.7 Å². The number of carboxylic acids is 1. The first-order chi connectivity index (χ1) is 8.47. The van der Waals surface area contributed by atoms with Crippen LogP contribution in [0, 0.1) is 6.92 Å². The molecule has 100 valence electrons. The smallest absolute Gasteiger partial charge is 0.325 e. The van der Waals surface area contributed by atoms with Crippen LogP contribution in [0.15, 0.2) is 6.20 Å². The summed E-state index contributed by atoms with van der Waals surface area (Å²) >= 11 is 0. The maximum Gasteiger partial charge on any atom is 0.325 e. The number of carboxylic acid groups (broad SMARTS) is 1. The molecule has 1 amide bonds. The van der Waals surface area contributed by atoms with E-state index in [9.17, 15) is 9.59 Å². The number of unbranched alkanes of at least 4 members (excludes halogenated alkanes) is 1. The summed E-state index contributed by atoms with van der Waals surface area (Å²) in [6, 6.07) is -0.907. The van der Waals surface area contributed by atoms with Gasteiger partial charge in [0.2, 0.25) is 0 Å². The van der Waals surface area contributed by atoms with Crippen LogP contribution in [0.25, 0.3) is 0 Å². The first kappa shape index (κ1) is 14.2. The number of aryl methyl sites for hydroxylation is 1. The monoisotopic (exact) mass is 253 g/mol. The van der Waals surface area contributed by atoms with Gasteiger partial charge < -0.3 is 10.4 Å². The van der Waals surface area contributed by atoms with Crippen LogP contribution in [0.4, 0.5) is 0 Å². The van der Waals surface area contributed by atoms with Gasteiger partial charge in [-0.2, -0.15) is 5.10 Å². The van der Waals surface area contributed by atoms with E-state index in [0.717, 1.165) is 25.1 Å². The topological polar surface area (TPSA) is 84.2 Å². The SMILES string of the molecule is CCCCn1ncc(C(=O)N[C@@H](C)C(=O)O)c1C. The molecule has 0 aromatic carbocycles. The molecule has 1 atom stereocenters. The highest BCUT2D eigenvalue weighted by molar-refractivity contribution is 5.97. The number of aromatic nitrogens is 2. The standard InChI is InChI=1S/C12H19N3O3/c1-4-5-6-15-9(3)10(7-13-15)11(16)14-8(2)12(17)18/h7-8H,4-6H2,1-3H3,(H,14,16)(H,17,18)/t8-/m0/s1. The largest absolute Gasteiger partial charge is 0.480 e. The third-order valence-corrected chi connectivity index (χ3v) is 2.79. The van der Waals surface area contributed by atoms with Gasteiger partial charge in [0.25, 0.3) is 5.91 Å². The molecule has 0 spiro atoms. The first-order valence-corrected chi connectivity index (χ1v) is 6.03. The Morgan fingerprint density at radius 2 is 2.22 bits per heavy atom. The lowest BCUT2D eigenvalue weighted by molar-refractivity contribution is -0.138. The summed E-state index contributed by atoms with van der Waals surface area (Å²) in [5, 5.41) is 15.3. The van der Waals surface area contributed by atoms with Crippen LogP contribution in [-0.4, -0.2) is 32.8 Å². The van der Waals surface area contributed by atoms with E-state index in [1.54, 1.807) is 4.68 Å². The van der Waals surface area contributed by atoms with E-state index in [0.29, 0.717) is 5.56 Å². The van der Waals surface area contributed by atoms with Crippen molar-refractivity contribution in [2.75, 3.05) is 0 Å². The van der Waals surface area contributed by atoms with Crippen LogP contribution >= 0.6 is 0 Å². The summed E-state index contributed by atoms with van der Waals surface area (Å²) < 4.78 is 1.77.